The van der Waals surface area contributed by atoms with Gasteiger partial charge in [0, 0.05) is 20.9 Å². The summed E-state index contributed by atoms with van der Waals surface area (Å²) < 4.78 is 4.63. The summed E-state index contributed by atoms with van der Waals surface area (Å²) >= 11 is 0. The van der Waals surface area contributed by atoms with Crippen molar-refractivity contribution in [2.24, 2.45) is 0 Å². The van der Waals surface area contributed by atoms with Crippen LogP contribution in [-0.2, 0) is 14.3 Å². The molecule has 0 atom stereocenters. The number of hydrogen-bond acceptors (Lipinski definition) is 3. The predicted molar refractivity (Wildman–Crippen MR) is 39.9 cm³/mol. The zero-order valence-corrected chi connectivity index (χ0v) is 7.09. The summed E-state index contributed by atoms with van der Waals surface area (Å²) in [5.74, 6) is -0.348. The van der Waals surface area contributed by atoms with Crippen molar-refractivity contribution in [2.75, 3.05) is 20.2 Å². The molecule has 0 aromatic heterocycles. The SMILES string of the molecule is CC(=O)OCCN(C)C(C)=O. The Balaban J connectivity index is 3.39. The molecule has 11 heavy (non-hydrogen) atoms. The highest BCUT2D eigenvalue weighted by molar-refractivity contribution is 5.72. The lowest BCUT2D eigenvalue weighted by Gasteiger charge is -2.13. The van der Waals surface area contributed by atoms with Gasteiger partial charge in [-0.3, -0.25) is 9.59 Å². The topological polar surface area (TPSA) is 46.6 Å². The van der Waals surface area contributed by atoms with Gasteiger partial charge in [0.25, 0.3) is 0 Å². The van der Waals surface area contributed by atoms with E-state index in [9.17, 15) is 9.59 Å². The second-order valence-corrected chi connectivity index (χ2v) is 2.28. The van der Waals surface area contributed by atoms with Gasteiger partial charge in [0.2, 0.25) is 5.91 Å². The minimum atomic E-state index is -0.318. The molecule has 0 aromatic rings. The van der Waals surface area contributed by atoms with Gasteiger partial charge >= 0.3 is 5.97 Å². The van der Waals surface area contributed by atoms with Crippen LogP contribution in [0.25, 0.3) is 0 Å². The Hall–Kier alpha value is -1.06. The molecule has 0 bridgehead atoms. The van der Waals surface area contributed by atoms with Gasteiger partial charge < -0.3 is 9.64 Å². The molecule has 4 heteroatoms. The van der Waals surface area contributed by atoms with Gasteiger partial charge in [-0.05, 0) is 0 Å². The first kappa shape index (κ1) is 9.94. The van der Waals surface area contributed by atoms with E-state index in [1.165, 1.54) is 18.7 Å². The van der Waals surface area contributed by atoms with Gasteiger partial charge in [-0.1, -0.05) is 0 Å². The van der Waals surface area contributed by atoms with Crippen molar-refractivity contribution in [2.45, 2.75) is 13.8 Å². The number of likely N-dealkylation sites (N-methyl/N-ethyl adjacent to an activating group) is 1. The minimum Gasteiger partial charge on any atom is -0.464 e. The summed E-state index contributed by atoms with van der Waals surface area (Å²) in [6.07, 6.45) is 0. The fourth-order valence-corrected chi connectivity index (χ4v) is 0.484. The highest BCUT2D eigenvalue weighted by atomic mass is 16.5. The lowest BCUT2D eigenvalue weighted by molar-refractivity contribution is -0.142. The summed E-state index contributed by atoms with van der Waals surface area (Å²) in [5.41, 5.74) is 0. The molecular formula is C7H13NO3. The van der Waals surface area contributed by atoms with E-state index < -0.39 is 0 Å². The van der Waals surface area contributed by atoms with E-state index in [2.05, 4.69) is 4.74 Å². The Kier molecular flexibility index (Phi) is 4.26. The predicted octanol–water partition coefficient (Wildman–Crippen LogP) is 0.0278. The Labute approximate surface area is 66.1 Å². The van der Waals surface area contributed by atoms with E-state index in [-0.39, 0.29) is 18.5 Å². The maximum atomic E-state index is 10.6. The number of carbonyl (C=O) groups is 2. The third kappa shape index (κ3) is 5.39. The third-order valence-electron chi connectivity index (χ3n) is 1.27. The van der Waals surface area contributed by atoms with Gasteiger partial charge in [0.15, 0.2) is 0 Å². The first-order valence-electron chi connectivity index (χ1n) is 3.39. The van der Waals surface area contributed by atoms with Crippen LogP contribution in [-0.4, -0.2) is 37.0 Å². The van der Waals surface area contributed by atoms with Crippen molar-refractivity contribution in [1.29, 1.82) is 0 Å². The molecule has 0 spiro atoms. The van der Waals surface area contributed by atoms with Crippen molar-refractivity contribution >= 4 is 11.9 Å². The maximum Gasteiger partial charge on any atom is 0.302 e. The normalized spacial score (nSPS) is 9.00. The molecule has 0 N–H and O–H groups in total. The number of rotatable bonds is 3. The van der Waals surface area contributed by atoms with Gasteiger partial charge in [-0.15, -0.1) is 0 Å². The lowest BCUT2D eigenvalue weighted by Crippen LogP contribution is -2.28. The molecule has 0 heterocycles. The van der Waals surface area contributed by atoms with E-state index in [1.807, 2.05) is 0 Å². The molecule has 0 saturated heterocycles. The maximum absolute atomic E-state index is 10.6. The number of carbonyl (C=O) groups excluding carboxylic acids is 2. The van der Waals surface area contributed by atoms with Crippen LogP contribution in [0.5, 0.6) is 0 Å². The quantitative estimate of drug-likeness (QED) is 0.546. The number of esters is 1. The summed E-state index contributed by atoms with van der Waals surface area (Å²) in [5, 5.41) is 0. The molecule has 0 aliphatic heterocycles. The Bertz CT molecular complexity index is 156. The van der Waals surface area contributed by atoms with E-state index in [0.717, 1.165) is 0 Å². The van der Waals surface area contributed by atoms with Crippen LogP contribution in [0.2, 0.25) is 0 Å². The number of ether oxygens (including phenoxy) is 1. The summed E-state index contributed by atoms with van der Waals surface area (Å²) in [6, 6.07) is 0. The molecule has 64 valence electrons. The van der Waals surface area contributed by atoms with E-state index in [1.54, 1.807) is 7.05 Å². The molecule has 0 radical (unpaired) electrons. The average Bonchev–Trinajstić information content (AvgIpc) is 1.86. The lowest BCUT2D eigenvalue weighted by atomic mass is 10.5. The molecular weight excluding hydrogens is 146 g/mol. The van der Waals surface area contributed by atoms with Gasteiger partial charge in [-0.25, -0.2) is 0 Å². The van der Waals surface area contributed by atoms with E-state index in [0.29, 0.717) is 6.54 Å². The first-order valence-corrected chi connectivity index (χ1v) is 3.39. The van der Waals surface area contributed by atoms with Crippen molar-refractivity contribution in [3.63, 3.8) is 0 Å². The number of hydrogen-bond donors (Lipinski definition) is 0. The van der Waals surface area contributed by atoms with Crippen LogP contribution in [0.3, 0.4) is 0 Å². The highest BCUT2D eigenvalue weighted by Gasteiger charge is 2.01. The number of amides is 1. The average molecular weight is 159 g/mol. The monoisotopic (exact) mass is 159 g/mol. The molecule has 0 saturated carbocycles. The fourth-order valence-electron chi connectivity index (χ4n) is 0.484. The van der Waals surface area contributed by atoms with E-state index in [4.69, 9.17) is 0 Å². The van der Waals surface area contributed by atoms with Crippen molar-refractivity contribution in [1.82, 2.24) is 4.90 Å². The second-order valence-electron chi connectivity index (χ2n) is 2.28. The van der Waals surface area contributed by atoms with Gasteiger partial charge in [0.05, 0.1) is 6.54 Å². The highest BCUT2D eigenvalue weighted by Crippen LogP contribution is 1.84. The van der Waals surface area contributed by atoms with Crippen molar-refractivity contribution in [3.05, 3.63) is 0 Å². The molecule has 0 unspecified atom stereocenters. The standard InChI is InChI=1S/C7H13NO3/c1-6(9)8(3)4-5-11-7(2)10/h4-5H2,1-3H3. The van der Waals surface area contributed by atoms with Crippen LogP contribution in [0, 0.1) is 0 Å². The minimum absolute atomic E-state index is 0.0304. The summed E-state index contributed by atoms with van der Waals surface area (Å²) in [4.78, 5) is 22.4. The molecule has 0 aromatic carbocycles. The largest absolute Gasteiger partial charge is 0.464 e. The summed E-state index contributed by atoms with van der Waals surface area (Å²) in [7, 11) is 1.66. The molecule has 0 aliphatic carbocycles. The Morgan fingerprint density at radius 1 is 1.36 bits per heavy atom. The molecule has 4 nitrogen and oxygen atoms in total. The van der Waals surface area contributed by atoms with Gasteiger partial charge in [-0.2, -0.15) is 0 Å². The van der Waals surface area contributed by atoms with Crippen LogP contribution in [0.4, 0.5) is 0 Å². The smallest absolute Gasteiger partial charge is 0.302 e. The third-order valence-corrected chi connectivity index (χ3v) is 1.27. The second kappa shape index (κ2) is 4.71. The van der Waals surface area contributed by atoms with Crippen LogP contribution < -0.4 is 0 Å². The summed E-state index contributed by atoms with van der Waals surface area (Å²) in [6.45, 7) is 3.53. The van der Waals surface area contributed by atoms with Crippen LogP contribution in [0.1, 0.15) is 13.8 Å². The molecule has 0 rings (SSSR count). The van der Waals surface area contributed by atoms with Crippen molar-refractivity contribution in [3.8, 4) is 0 Å². The van der Waals surface area contributed by atoms with Crippen LogP contribution in [0.15, 0.2) is 0 Å². The van der Waals surface area contributed by atoms with E-state index >= 15 is 0 Å². The molecule has 1 amide bonds. The first-order chi connectivity index (χ1) is 5.04. The molecule has 0 fully saturated rings. The van der Waals surface area contributed by atoms with Crippen LogP contribution >= 0.6 is 0 Å². The molecule has 0 aliphatic rings. The zero-order chi connectivity index (χ0) is 8.85. The van der Waals surface area contributed by atoms with Crippen molar-refractivity contribution < 1.29 is 14.3 Å². The van der Waals surface area contributed by atoms with Gasteiger partial charge in [0.1, 0.15) is 6.61 Å². The Morgan fingerprint density at radius 2 is 1.91 bits per heavy atom. The number of nitrogens with zero attached hydrogens (tertiary/aromatic N) is 1. The fraction of sp³-hybridized carbons (Fsp3) is 0.714. The zero-order valence-electron chi connectivity index (χ0n) is 7.09. The Morgan fingerprint density at radius 3 is 2.27 bits per heavy atom.